The third kappa shape index (κ3) is 2.70. The second-order valence-electron chi connectivity index (χ2n) is 4.54. The van der Waals surface area contributed by atoms with Crippen molar-refractivity contribution in [3.05, 3.63) is 23.9 Å². The van der Waals surface area contributed by atoms with Gasteiger partial charge in [-0.25, -0.2) is 0 Å². The number of nitrogens with two attached hydrogens (primary N) is 1. The summed E-state index contributed by atoms with van der Waals surface area (Å²) >= 11 is 6.60. The highest BCUT2D eigenvalue weighted by molar-refractivity contribution is 6.27. The number of carboxylic acids is 1. The van der Waals surface area contributed by atoms with Crippen LogP contribution in [-0.2, 0) is 4.79 Å². The Labute approximate surface area is 113 Å². The van der Waals surface area contributed by atoms with Crippen molar-refractivity contribution >= 4 is 17.6 Å². The lowest BCUT2D eigenvalue weighted by Crippen LogP contribution is -2.53. The standard InChI is InChI=1S/C13H21ClN2O2/c1-4-16(5-2)9(3)13(14)8-10(15)6-7-11(13)12(17)18/h6-9,11H,4-5,15H2,1-3H3,(H,17,18). The van der Waals surface area contributed by atoms with Crippen LogP contribution in [0, 0.1) is 5.92 Å². The third-order valence-corrected chi connectivity index (χ3v) is 4.27. The van der Waals surface area contributed by atoms with E-state index in [4.69, 9.17) is 17.3 Å². The van der Waals surface area contributed by atoms with Gasteiger partial charge in [0.2, 0.25) is 0 Å². The topological polar surface area (TPSA) is 66.6 Å². The minimum atomic E-state index is -1.00. The molecule has 0 aromatic heterocycles. The maximum atomic E-state index is 11.4. The Hall–Kier alpha value is -1.00. The zero-order chi connectivity index (χ0) is 13.9. The van der Waals surface area contributed by atoms with Crippen LogP contribution in [-0.4, -0.2) is 40.0 Å². The number of allylic oxidation sites excluding steroid dienone is 1. The van der Waals surface area contributed by atoms with Crippen LogP contribution in [0.4, 0.5) is 0 Å². The molecule has 5 heteroatoms. The summed E-state index contributed by atoms with van der Waals surface area (Å²) in [6, 6.07) is -0.112. The van der Waals surface area contributed by atoms with Crippen molar-refractivity contribution < 1.29 is 9.90 Å². The average molecular weight is 273 g/mol. The molecule has 0 bridgehead atoms. The smallest absolute Gasteiger partial charge is 0.312 e. The maximum Gasteiger partial charge on any atom is 0.312 e. The van der Waals surface area contributed by atoms with E-state index in [0.29, 0.717) is 5.70 Å². The Morgan fingerprint density at radius 3 is 2.61 bits per heavy atom. The molecule has 0 fully saturated rings. The summed E-state index contributed by atoms with van der Waals surface area (Å²) in [5.74, 6) is -1.69. The molecule has 18 heavy (non-hydrogen) atoms. The Morgan fingerprint density at radius 1 is 1.61 bits per heavy atom. The second kappa shape index (κ2) is 5.76. The molecule has 3 atom stereocenters. The van der Waals surface area contributed by atoms with Crippen molar-refractivity contribution in [2.24, 2.45) is 11.7 Å². The minimum absolute atomic E-state index is 0.112. The predicted octanol–water partition coefficient (Wildman–Crippen LogP) is 1.81. The highest BCUT2D eigenvalue weighted by Crippen LogP contribution is 2.38. The molecule has 4 nitrogen and oxygen atoms in total. The van der Waals surface area contributed by atoms with Gasteiger partial charge in [0.15, 0.2) is 0 Å². The number of carboxylic acid groups (broad SMARTS) is 1. The van der Waals surface area contributed by atoms with Crippen molar-refractivity contribution in [3.8, 4) is 0 Å². The normalized spacial score (nSPS) is 29.2. The van der Waals surface area contributed by atoms with E-state index >= 15 is 0 Å². The third-order valence-electron chi connectivity index (χ3n) is 3.61. The van der Waals surface area contributed by atoms with Gasteiger partial charge in [-0.3, -0.25) is 9.69 Å². The lowest BCUT2D eigenvalue weighted by molar-refractivity contribution is -0.141. The van der Waals surface area contributed by atoms with E-state index in [1.54, 1.807) is 18.2 Å². The minimum Gasteiger partial charge on any atom is -0.481 e. The molecule has 1 aliphatic carbocycles. The van der Waals surface area contributed by atoms with Crippen LogP contribution in [0.25, 0.3) is 0 Å². The van der Waals surface area contributed by atoms with Crippen LogP contribution in [0.15, 0.2) is 23.9 Å². The average Bonchev–Trinajstić information content (AvgIpc) is 2.29. The molecule has 1 aliphatic rings. The van der Waals surface area contributed by atoms with Gasteiger partial charge in [-0.05, 0) is 32.2 Å². The zero-order valence-corrected chi connectivity index (χ0v) is 11.8. The van der Waals surface area contributed by atoms with E-state index in [-0.39, 0.29) is 6.04 Å². The largest absolute Gasteiger partial charge is 0.481 e. The molecule has 0 saturated heterocycles. The van der Waals surface area contributed by atoms with E-state index in [9.17, 15) is 9.90 Å². The lowest BCUT2D eigenvalue weighted by atomic mass is 9.81. The number of carbonyl (C=O) groups is 1. The first-order chi connectivity index (χ1) is 8.36. The molecule has 3 unspecified atom stereocenters. The fraction of sp³-hybridized carbons (Fsp3) is 0.615. The molecule has 3 N–H and O–H groups in total. The highest BCUT2D eigenvalue weighted by atomic mass is 35.5. The van der Waals surface area contributed by atoms with E-state index in [1.165, 1.54) is 0 Å². The van der Waals surface area contributed by atoms with Gasteiger partial charge in [0.05, 0.1) is 10.8 Å². The van der Waals surface area contributed by atoms with E-state index in [1.807, 2.05) is 20.8 Å². The first-order valence-corrected chi connectivity index (χ1v) is 6.56. The van der Waals surface area contributed by atoms with Gasteiger partial charge < -0.3 is 10.8 Å². The molecule has 0 amide bonds. The van der Waals surface area contributed by atoms with Gasteiger partial charge in [0.1, 0.15) is 0 Å². The quantitative estimate of drug-likeness (QED) is 0.749. The Bertz CT molecular complexity index is 377. The number of aliphatic carboxylic acids is 1. The SMILES string of the molecule is CCN(CC)C(C)C1(Cl)C=C(N)C=CC1C(=O)O. The summed E-state index contributed by atoms with van der Waals surface area (Å²) in [6.45, 7) is 7.63. The fourth-order valence-corrected chi connectivity index (χ4v) is 2.88. The van der Waals surface area contributed by atoms with Crippen LogP contribution in [0.1, 0.15) is 20.8 Å². The Kier molecular flexibility index (Phi) is 4.82. The molecule has 0 aromatic carbocycles. The van der Waals surface area contributed by atoms with Crippen molar-refractivity contribution in [1.82, 2.24) is 4.90 Å². The summed E-state index contributed by atoms with van der Waals surface area (Å²) in [4.78, 5) is 12.5. The monoisotopic (exact) mass is 272 g/mol. The van der Waals surface area contributed by atoms with E-state index in [2.05, 4.69) is 4.90 Å². The molecule has 0 spiro atoms. The number of alkyl halides is 1. The number of nitrogens with zero attached hydrogens (tertiary/aromatic N) is 1. The van der Waals surface area contributed by atoms with Crippen molar-refractivity contribution in [3.63, 3.8) is 0 Å². The molecule has 0 heterocycles. The summed E-state index contributed by atoms with van der Waals surface area (Å²) in [7, 11) is 0. The number of halogens is 1. The molecule has 102 valence electrons. The molecule has 1 rings (SSSR count). The summed E-state index contributed by atoms with van der Waals surface area (Å²) < 4.78 is 0. The van der Waals surface area contributed by atoms with Crippen molar-refractivity contribution in [2.75, 3.05) is 13.1 Å². The summed E-state index contributed by atoms with van der Waals surface area (Å²) in [5.41, 5.74) is 6.29. The van der Waals surface area contributed by atoms with Crippen LogP contribution in [0.3, 0.4) is 0 Å². The van der Waals surface area contributed by atoms with Gasteiger partial charge >= 0.3 is 5.97 Å². The first kappa shape index (κ1) is 15.1. The molecular formula is C13H21ClN2O2. The van der Waals surface area contributed by atoms with Gasteiger partial charge in [-0.1, -0.05) is 19.9 Å². The zero-order valence-electron chi connectivity index (χ0n) is 11.1. The second-order valence-corrected chi connectivity index (χ2v) is 5.20. The van der Waals surface area contributed by atoms with Gasteiger partial charge in [-0.2, -0.15) is 0 Å². The molecule has 0 aromatic rings. The number of rotatable bonds is 5. The summed E-state index contributed by atoms with van der Waals surface area (Å²) in [6.07, 6.45) is 4.84. The van der Waals surface area contributed by atoms with Crippen LogP contribution >= 0.6 is 11.6 Å². The van der Waals surface area contributed by atoms with E-state index < -0.39 is 16.8 Å². The molecular weight excluding hydrogens is 252 g/mol. The van der Waals surface area contributed by atoms with Crippen molar-refractivity contribution in [2.45, 2.75) is 31.7 Å². The summed E-state index contributed by atoms with van der Waals surface area (Å²) in [5, 5.41) is 9.31. The van der Waals surface area contributed by atoms with Crippen LogP contribution in [0.5, 0.6) is 0 Å². The van der Waals surface area contributed by atoms with Gasteiger partial charge in [0, 0.05) is 11.7 Å². The lowest BCUT2D eigenvalue weighted by Gasteiger charge is -2.41. The Morgan fingerprint density at radius 2 is 2.17 bits per heavy atom. The van der Waals surface area contributed by atoms with Crippen molar-refractivity contribution in [1.29, 1.82) is 0 Å². The number of hydrogen-bond acceptors (Lipinski definition) is 3. The van der Waals surface area contributed by atoms with Gasteiger partial charge in [0.25, 0.3) is 0 Å². The van der Waals surface area contributed by atoms with Gasteiger partial charge in [-0.15, -0.1) is 11.6 Å². The molecule has 0 saturated carbocycles. The molecule has 0 aliphatic heterocycles. The first-order valence-electron chi connectivity index (χ1n) is 6.19. The van der Waals surface area contributed by atoms with Crippen LogP contribution in [0.2, 0.25) is 0 Å². The number of hydrogen-bond donors (Lipinski definition) is 2. The fourth-order valence-electron chi connectivity index (χ4n) is 2.45. The van der Waals surface area contributed by atoms with E-state index in [0.717, 1.165) is 13.1 Å². The highest BCUT2D eigenvalue weighted by Gasteiger charge is 2.46. The predicted molar refractivity (Wildman–Crippen MR) is 73.5 cm³/mol. The maximum absolute atomic E-state index is 11.4. The Balaban J connectivity index is 3.12. The molecule has 0 radical (unpaired) electrons. The van der Waals surface area contributed by atoms with Crippen LogP contribution < -0.4 is 5.73 Å².